The van der Waals surface area contributed by atoms with Crippen LogP contribution in [0.25, 0.3) is 10.2 Å². The van der Waals surface area contributed by atoms with E-state index in [1.807, 2.05) is 24.3 Å². The molecule has 1 aromatic heterocycles. The molecule has 0 radical (unpaired) electrons. The van der Waals surface area contributed by atoms with E-state index in [0.717, 1.165) is 30.0 Å². The third kappa shape index (κ3) is 4.38. The molecule has 3 heterocycles. The molecule has 0 unspecified atom stereocenters. The summed E-state index contributed by atoms with van der Waals surface area (Å²) in [6.45, 7) is 2.64. The Labute approximate surface area is 184 Å². The Kier molecular flexibility index (Phi) is 5.33. The van der Waals surface area contributed by atoms with Crippen LogP contribution in [0.15, 0.2) is 42.5 Å². The smallest absolute Gasteiger partial charge is 0.279 e. The molecule has 31 heavy (non-hydrogen) atoms. The molecule has 2 aromatic carbocycles. The molecule has 0 N–H and O–H groups in total. The number of benzene rings is 2. The molecule has 2 saturated heterocycles. The second kappa shape index (κ2) is 8.01. The van der Waals surface area contributed by atoms with Gasteiger partial charge in [-0.3, -0.25) is 4.90 Å². The Bertz CT molecular complexity index is 1200. The molecule has 2 aliphatic rings. The average Bonchev–Trinajstić information content (AvgIpc) is 3.42. The lowest BCUT2D eigenvalue weighted by Gasteiger charge is -2.32. The first-order chi connectivity index (χ1) is 14.8. The highest BCUT2D eigenvalue weighted by molar-refractivity contribution is 7.88. The zero-order valence-corrected chi connectivity index (χ0v) is 18.5. The Morgan fingerprint density at radius 2 is 1.90 bits per heavy atom. The number of thiazole rings is 1. The van der Waals surface area contributed by atoms with Crippen LogP contribution in [0.3, 0.4) is 0 Å². The molecule has 7 nitrogen and oxygen atoms in total. The van der Waals surface area contributed by atoms with E-state index in [-0.39, 0.29) is 17.9 Å². The molecular formula is C21H22FN3O4S2. The molecule has 5 rings (SSSR count). The molecular weight excluding hydrogens is 441 g/mol. The van der Waals surface area contributed by atoms with Crippen molar-refractivity contribution in [1.82, 2.24) is 14.2 Å². The Morgan fingerprint density at radius 3 is 2.61 bits per heavy atom. The normalized spacial score (nSPS) is 21.7. The summed E-state index contributed by atoms with van der Waals surface area (Å²) in [5.74, 6) is 1.05. The number of hydrogen-bond acceptors (Lipinski definition) is 7. The van der Waals surface area contributed by atoms with E-state index in [1.165, 1.54) is 29.7 Å². The summed E-state index contributed by atoms with van der Waals surface area (Å²) in [4.78, 5) is 6.61. The van der Waals surface area contributed by atoms with Gasteiger partial charge in [-0.2, -0.15) is 4.31 Å². The van der Waals surface area contributed by atoms with Crippen LogP contribution in [-0.4, -0.2) is 67.2 Å². The van der Waals surface area contributed by atoms with E-state index in [2.05, 4.69) is 9.88 Å². The molecule has 2 bridgehead atoms. The van der Waals surface area contributed by atoms with Gasteiger partial charge >= 0.3 is 0 Å². The highest BCUT2D eigenvalue weighted by Gasteiger charge is 2.46. The van der Waals surface area contributed by atoms with Gasteiger partial charge in [0.05, 0.1) is 16.5 Å². The lowest BCUT2D eigenvalue weighted by Crippen LogP contribution is -2.49. The second-order valence-corrected chi connectivity index (χ2v) is 10.8. The number of piperazine rings is 1. The molecule has 0 saturated carbocycles. The quantitative estimate of drug-likeness (QED) is 0.535. The summed E-state index contributed by atoms with van der Waals surface area (Å²) in [5.41, 5.74) is 0.579. The van der Waals surface area contributed by atoms with Gasteiger partial charge in [0.1, 0.15) is 23.9 Å². The Balaban J connectivity index is 1.12. The average molecular weight is 464 g/mol. The predicted octanol–water partition coefficient (Wildman–Crippen LogP) is 3.32. The van der Waals surface area contributed by atoms with Crippen LogP contribution in [0.2, 0.25) is 0 Å². The van der Waals surface area contributed by atoms with Gasteiger partial charge in [-0.05, 0) is 42.8 Å². The predicted molar refractivity (Wildman–Crippen MR) is 117 cm³/mol. The minimum absolute atomic E-state index is 0.0930. The highest BCUT2D eigenvalue weighted by atomic mass is 32.2. The van der Waals surface area contributed by atoms with Crippen molar-refractivity contribution in [3.05, 3.63) is 48.3 Å². The number of sulfonamides is 1. The molecule has 0 amide bonds. The highest BCUT2D eigenvalue weighted by Crippen LogP contribution is 2.33. The summed E-state index contributed by atoms with van der Waals surface area (Å²) < 4.78 is 51.0. The summed E-state index contributed by atoms with van der Waals surface area (Å²) in [6.07, 6.45) is 2.18. The van der Waals surface area contributed by atoms with Crippen molar-refractivity contribution in [2.45, 2.75) is 18.5 Å². The molecule has 164 valence electrons. The fourth-order valence-electron chi connectivity index (χ4n) is 4.30. The summed E-state index contributed by atoms with van der Waals surface area (Å²) in [5, 5.41) is 0.460. The van der Waals surface area contributed by atoms with Crippen LogP contribution in [0, 0.1) is 5.82 Å². The van der Waals surface area contributed by atoms with E-state index < -0.39 is 10.0 Å². The van der Waals surface area contributed by atoms with E-state index in [9.17, 15) is 12.8 Å². The third-order valence-corrected chi connectivity index (χ3v) is 7.95. The minimum atomic E-state index is -3.11. The maximum absolute atomic E-state index is 13.3. The fourth-order valence-corrected chi connectivity index (χ4v) is 6.25. The monoisotopic (exact) mass is 463 g/mol. The van der Waals surface area contributed by atoms with E-state index in [4.69, 9.17) is 9.47 Å². The van der Waals surface area contributed by atoms with Crippen LogP contribution >= 0.6 is 11.3 Å². The lowest BCUT2D eigenvalue weighted by atomic mass is 10.2. The van der Waals surface area contributed by atoms with Crippen molar-refractivity contribution in [2.75, 3.05) is 32.5 Å². The van der Waals surface area contributed by atoms with Crippen LogP contribution in [0.1, 0.15) is 6.42 Å². The number of rotatable bonds is 7. The standard InChI is InChI=1S/C21H22FN3O4S2/c1-31(26,27)25-13-15-11-16(25)12-24(15)8-9-28-17-3-5-18(6-4-17)29-21-23-19-10-14(22)2-7-20(19)30-21/h2-7,10,15-16H,8-9,11-13H2,1H3/t15-,16+/m1/s1. The van der Waals surface area contributed by atoms with Gasteiger partial charge in [0.15, 0.2) is 0 Å². The fraction of sp³-hybridized carbons (Fsp3) is 0.381. The van der Waals surface area contributed by atoms with Gasteiger partial charge in [0.25, 0.3) is 5.19 Å². The van der Waals surface area contributed by atoms with Gasteiger partial charge in [-0.1, -0.05) is 11.3 Å². The van der Waals surface area contributed by atoms with Gasteiger partial charge in [-0.25, -0.2) is 17.8 Å². The van der Waals surface area contributed by atoms with Gasteiger partial charge in [0.2, 0.25) is 10.0 Å². The number of halogens is 1. The zero-order chi connectivity index (χ0) is 21.6. The van der Waals surface area contributed by atoms with Crippen LogP contribution < -0.4 is 9.47 Å². The molecule has 0 spiro atoms. The number of nitrogens with zero attached hydrogens (tertiary/aromatic N) is 3. The summed E-state index contributed by atoms with van der Waals surface area (Å²) >= 11 is 1.36. The van der Waals surface area contributed by atoms with Crippen LogP contribution in [0.5, 0.6) is 16.7 Å². The zero-order valence-electron chi connectivity index (χ0n) is 16.9. The number of ether oxygens (including phenoxy) is 2. The summed E-state index contributed by atoms with van der Waals surface area (Å²) in [6, 6.07) is 12.2. The van der Waals surface area contributed by atoms with E-state index in [1.54, 1.807) is 10.4 Å². The molecule has 0 aliphatic carbocycles. The minimum Gasteiger partial charge on any atom is -0.492 e. The molecule has 2 atom stereocenters. The lowest BCUT2D eigenvalue weighted by molar-refractivity contribution is 0.153. The first kappa shape index (κ1) is 20.6. The molecule has 2 fully saturated rings. The Hall–Kier alpha value is -2.27. The van der Waals surface area contributed by atoms with Gasteiger partial charge in [-0.15, -0.1) is 0 Å². The number of hydrogen-bond donors (Lipinski definition) is 0. The number of likely N-dealkylation sites (tertiary alicyclic amines) is 1. The van der Waals surface area contributed by atoms with Crippen molar-refractivity contribution in [1.29, 1.82) is 0 Å². The molecule has 3 aromatic rings. The maximum atomic E-state index is 13.3. The SMILES string of the molecule is CS(=O)(=O)N1C[C@H]2C[C@H]1CN2CCOc1ccc(Oc2nc3cc(F)ccc3s2)cc1. The largest absolute Gasteiger partial charge is 0.492 e. The number of fused-ring (bicyclic) bond motifs is 3. The summed E-state index contributed by atoms with van der Waals surface area (Å²) in [7, 11) is -3.11. The second-order valence-electron chi connectivity index (χ2n) is 7.88. The molecule has 10 heteroatoms. The third-order valence-electron chi connectivity index (χ3n) is 5.74. The van der Waals surface area contributed by atoms with E-state index in [0.29, 0.717) is 29.6 Å². The molecule has 2 aliphatic heterocycles. The van der Waals surface area contributed by atoms with Crippen molar-refractivity contribution in [3.8, 4) is 16.7 Å². The topological polar surface area (TPSA) is 72.0 Å². The van der Waals surface area contributed by atoms with Crippen LogP contribution in [-0.2, 0) is 10.0 Å². The van der Waals surface area contributed by atoms with Gasteiger partial charge in [0, 0.05) is 37.8 Å². The maximum Gasteiger partial charge on any atom is 0.279 e. The van der Waals surface area contributed by atoms with Crippen molar-refractivity contribution in [2.24, 2.45) is 0 Å². The number of aromatic nitrogens is 1. The van der Waals surface area contributed by atoms with Crippen molar-refractivity contribution < 1.29 is 22.3 Å². The van der Waals surface area contributed by atoms with Crippen molar-refractivity contribution >= 4 is 31.6 Å². The van der Waals surface area contributed by atoms with E-state index >= 15 is 0 Å². The first-order valence-corrected chi connectivity index (χ1v) is 12.7. The Morgan fingerprint density at radius 1 is 1.13 bits per heavy atom. The van der Waals surface area contributed by atoms with Crippen molar-refractivity contribution in [3.63, 3.8) is 0 Å². The first-order valence-electron chi connectivity index (χ1n) is 10.0. The van der Waals surface area contributed by atoms with Gasteiger partial charge < -0.3 is 9.47 Å². The van der Waals surface area contributed by atoms with Crippen LogP contribution in [0.4, 0.5) is 4.39 Å².